The number of nitrogens with two attached hydrogens (primary N) is 1. The summed E-state index contributed by atoms with van der Waals surface area (Å²) < 4.78 is 0. The third-order valence-electron chi connectivity index (χ3n) is 3.77. The standard InChI is InChI=1S/C17H19N3.ClH/c1-2-13-7-3-4-8-14(13)11-20-12-15-9-5-6-10-16(15)19-17(20)18;/h3-10H,2,11-12H2,1H3,(H2,18,19);1H. The largest absolute Gasteiger partial charge is 0.369 e. The van der Waals surface area contributed by atoms with E-state index in [9.17, 15) is 0 Å². The summed E-state index contributed by atoms with van der Waals surface area (Å²) >= 11 is 0. The summed E-state index contributed by atoms with van der Waals surface area (Å²) in [6, 6.07) is 16.7. The number of hydrogen-bond acceptors (Lipinski definition) is 3. The minimum atomic E-state index is 0. The average molecular weight is 302 g/mol. The quantitative estimate of drug-likeness (QED) is 0.940. The molecule has 0 bridgehead atoms. The van der Waals surface area contributed by atoms with Gasteiger partial charge in [0, 0.05) is 13.1 Å². The Morgan fingerprint density at radius 2 is 1.71 bits per heavy atom. The molecule has 0 radical (unpaired) electrons. The molecule has 1 aliphatic heterocycles. The van der Waals surface area contributed by atoms with Crippen molar-refractivity contribution in [1.82, 2.24) is 4.90 Å². The van der Waals surface area contributed by atoms with Crippen LogP contribution in [0.5, 0.6) is 0 Å². The number of halogens is 1. The Labute approximate surface area is 131 Å². The van der Waals surface area contributed by atoms with Gasteiger partial charge in [-0.15, -0.1) is 12.4 Å². The molecule has 4 heteroatoms. The van der Waals surface area contributed by atoms with E-state index in [4.69, 9.17) is 5.73 Å². The van der Waals surface area contributed by atoms with Crippen LogP contribution in [0.25, 0.3) is 0 Å². The fourth-order valence-corrected chi connectivity index (χ4v) is 2.63. The van der Waals surface area contributed by atoms with Gasteiger partial charge in [-0.1, -0.05) is 49.4 Å². The number of aliphatic imine (C=N–C) groups is 1. The molecular weight excluding hydrogens is 282 g/mol. The summed E-state index contributed by atoms with van der Waals surface area (Å²) in [5, 5.41) is 0. The van der Waals surface area contributed by atoms with Gasteiger partial charge < -0.3 is 10.6 Å². The van der Waals surface area contributed by atoms with Crippen LogP contribution >= 0.6 is 12.4 Å². The Morgan fingerprint density at radius 1 is 1.05 bits per heavy atom. The summed E-state index contributed by atoms with van der Waals surface area (Å²) in [6.45, 7) is 3.82. The van der Waals surface area contributed by atoms with Gasteiger partial charge in [-0.2, -0.15) is 0 Å². The molecule has 0 fully saturated rings. The molecule has 0 atom stereocenters. The molecule has 110 valence electrons. The van der Waals surface area contributed by atoms with Crippen molar-refractivity contribution < 1.29 is 0 Å². The maximum atomic E-state index is 6.11. The normalized spacial score (nSPS) is 13.2. The highest BCUT2D eigenvalue weighted by molar-refractivity contribution is 5.85. The van der Waals surface area contributed by atoms with Gasteiger partial charge in [0.25, 0.3) is 0 Å². The molecule has 0 saturated carbocycles. The van der Waals surface area contributed by atoms with Gasteiger partial charge >= 0.3 is 0 Å². The third kappa shape index (κ3) is 3.19. The van der Waals surface area contributed by atoms with E-state index in [1.165, 1.54) is 16.7 Å². The molecular formula is C17H20ClN3. The predicted octanol–water partition coefficient (Wildman–Crippen LogP) is 3.63. The van der Waals surface area contributed by atoms with Gasteiger partial charge in [0.05, 0.1) is 5.69 Å². The van der Waals surface area contributed by atoms with Gasteiger partial charge in [-0.3, -0.25) is 0 Å². The molecule has 2 aromatic carbocycles. The van der Waals surface area contributed by atoms with Crippen molar-refractivity contribution in [1.29, 1.82) is 0 Å². The maximum absolute atomic E-state index is 6.11. The Kier molecular flexibility index (Phi) is 4.86. The van der Waals surface area contributed by atoms with E-state index in [1.807, 2.05) is 18.2 Å². The van der Waals surface area contributed by atoms with E-state index in [1.54, 1.807) is 0 Å². The number of rotatable bonds is 3. The van der Waals surface area contributed by atoms with E-state index < -0.39 is 0 Å². The van der Waals surface area contributed by atoms with Crippen LogP contribution in [0, 0.1) is 0 Å². The molecule has 0 amide bonds. The van der Waals surface area contributed by atoms with Crippen molar-refractivity contribution in [2.24, 2.45) is 10.7 Å². The van der Waals surface area contributed by atoms with Crippen molar-refractivity contribution in [3.8, 4) is 0 Å². The molecule has 3 nitrogen and oxygen atoms in total. The van der Waals surface area contributed by atoms with Crippen LogP contribution < -0.4 is 5.73 Å². The van der Waals surface area contributed by atoms with Gasteiger partial charge in [-0.05, 0) is 29.2 Å². The van der Waals surface area contributed by atoms with Gasteiger partial charge in [0.15, 0.2) is 5.96 Å². The summed E-state index contributed by atoms with van der Waals surface area (Å²) in [5.41, 5.74) is 11.0. The molecule has 1 aliphatic rings. The van der Waals surface area contributed by atoms with Crippen LogP contribution in [-0.2, 0) is 19.5 Å². The Balaban J connectivity index is 0.00000161. The molecule has 0 saturated heterocycles. The fourth-order valence-electron chi connectivity index (χ4n) is 2.63. The van der Waals surface area contributed by atoms with Crippen molar-refractivity contribution in [3.05, 3.63) is 65.2 Å². The Bertz CT molecular complexity index is 652. The first-order valence-electron chi connectivity index (χ1n) is 7.01. The molecule has 21 heavy (non-hydrogen) atoms. The predicted molar refractivity (Wildman–Crippen MR) is 90.0 cm³/mol. The lowest BCUT2D eigenvalue weighted by molar-refractivity contribution is 0.395. The fraction of sp³-hybridized carbons (Fsp3) is 0.235. The van der Waals surface area contributed by atoms with Crippen LogP contribution in [-0.4, -0.2) is 10.9 Å². The summed E-state index contributed by atoms with van der Waals surface area (Å²) in [4.78, 5) is 6.63. The summed E-state index contributed by atoms with van der Waals surface area (Å²) in [7, 11) is 0. The van der Waals surface area contributed by atoms with Crippen molar-refractivity contribution in [2.45, 2.75) is 26.4 Å². The van der Waals surface area contributed by atoms with Crippen molar-refractivity contribution >= 4 is 24.1 Å². The number of benzene rings is 2. The monoisotopic (exact) mass is 301 g/mol. The molecule has 0 spiro atoms. The number of nitrogens with zero attached hydrogens (tertiary/aromatic N) is 2. The second kappa shape index (κ2) is 6.64. The number of fused-ring (bicyclic) bond motifs is 1. The lowest BCUT2D eigenvalue weighted by Gasteiger charge is -2.28. The Hall–Kier alpha value is -2.00. The molecule has 0 aliphatic carbocycles. The third-order valence-corrected chi connectivity index (χ3v) is 3.77. The van der Waals surface area contributed by atoms with E-state index in [2.05, 4.69) is 47.1 Å². The van der Waals surface area contributed by atoms with Crippen LogP contribution in [0.4, 0.5) is 5.69 Å². The molecule has 2 aromatic rings. The van der Waals surface area contributed by atoms with Crippen LogP contribution in [0.3, 0.4) is 0 Å². The molecule has 0 aromatic heterocycles. The maximum Gasteiger partial charge on any atom is 0.197 e. The van der Waals surface area contributed by atoms with Gasteiger partial charge in [0.2, 0.25) is 0 Å². The minimum Gasteiger partial charge on any atom is -0.369 e. The van der Waals surface area contributed by atoms with Crippen molar-refractivity contribution in [3.63, 3.8) is 0 Å². The van der Waals surface area contributed by atoms with E-state index in [0.29, 0.717) is 5.96 Å². The zero-order valence-electron chi connectivity index (χ0n) is 12.1. The van der Waals surface area contributed by atoms with Gasteiger partial charge in [-0.25, -0.2) is 4.99 Å². The molecule has 1 heterocycles. The first kappa shape index (κ1) is 15.4. The number of aryl methyl sites for hydroxylation is 1. The number of hydrogen-bond donors (Lipinski definition) is 1. The zero-order chi connectivity index (χ0) is 13.9. The summed E-state index contributed by atoms with van der Waals surface area (Å²) in [6.07, 6.45) is 1.04. The summed E-state index contributed by atoms with van der Waals surface area (Å²) in [5.74, 6) is 0.606. The van der Waals surface area contributed by atoms with Gasteiger partial charge in [0.1, 0.15) is 0 Å². The first-order valence-corrected chi connectivity index (χ1v) is 7.01. The SMILES string of the molecule is CCc1ccccc1CN1Cc2ccccc2N=C1N.Cl. The topological polar surface area (TPSA) is 41.6 Å². The lowest BCUT2D eigenvalue weighted by Crippen LogP contribution is -2.38. The molecule has 0 unspecified atom stereocenters. The molecule has 3 rings (SSSR count). The Morgan fingerprint density at radius 3 is 2.48 bits per heavy atom. The minimum absolute atomic E-state index is 0. The van der Waals surface area contributed by atoms with Crippen molar-refractivity contribution in [2.75, 3.05) is 0 Å². The van der Waals surface area contributed by atoms with E-state index in [-0.39, 0.29) is 12.4 Å². The highest BCUT2D eigenvalue weighted by Crippen LogP contribution is 2.26. The highest BCUT2D eigenvalue weighted by Gasteiger charge is 2.17. The second-order valence-corrected chi connectivity index (χ2v) is 5.08. The molecule has 2 N–H and O–H groups in total. The number of para-hydroxylation sites is 1. The second-order valence-electron chi connectivity index (χ2n) is 5.08. The van der Waals surface area contributed by atoms with Crippen LogP contribution in [0.15, 0.2) is 53.5 Å². The number of guanidine groups is 1. The zero-order valence-corrected chi connectivity index (χ0v) is 12.9. The lowest BCUT2D eigenvalue weighted by atomic mass is 10.0. The van der Waals surface area contributed by atoms with Crippen LogP contribution in [0.1, 0.15) is 23.6 Å². The highest BCUT2D eigenvalue weighted by atomic mass is 35.5. The smallest absolute Gasteiger partial charge is 0.197 e. The van der Waals surface area contributed by atoms with E-state index in [0.717, 1.165) is 25.2 Å². The van der Waals surface area contributed by atoms with E-state index >= 15 is 0 Å². The average Bonchev–Trinajstić information content (AvgIpc) is 2.48. The van der Waals surface area contributed by atoms with Crippen LogP contribution in [0.2, 0.25) is 0 Å². The first-order chi connectivity index (χ1) is 9.78.